The van der Waals surface area contributed by atoms with E-state index in [1.165, 1.54) is 6.07 Å². The van der Waals surface area contributed by atoms with Gasteiger partial charge in [-0.15, -0.1) is 0 Å². The third-order valence-corrected chi connectivity index (χ3v) is 1.56. The van der Waals surface area contributed by atoms with Gasteiger partial charge in [0.25, 0.3) is 0 Å². The summed E-state index contributed by atoms with van der Waals surface area (Å²) in [4.78, 5) is 4.73. The molecule has 1 N–H and O–H groups in total. The summed E-state index contributed by atoms with van der Waals surface area (Å²) in [6.07, 6.45) is 0. The van der Waals surface area contributed by atoms with E-state index < -0.39 is 0 Å². The maximum atomic E-state index is 9.38. The minimum Gasteiger partial charge on any atom is -1.00 e. The molecule has 0 fully saturated rings. The molecule has 0 amide bonds. The number of benzene rings is 1. The Morgan fingerprint density at radius 2 is 1.80 bits per heavy atom. The number of halogens is 2. The molecule has 0 unspecified atom stereocenters. The molecule has 1 rings (SSSR count). The van der Waals surface area contributed by atoms with Crippen molar-refractivity contribution in [1.82, 2.24) is 0 Å². The summed E-state index contributed by atoms with van der Waals surface area (Å²) in [5.41, 5.74) is 1.04. The van der Waals surface area contributed by atoms with E-state index in [9.17, 15) is 5.11 Å². The van der Waals surface area contributed by atoms with Crippen LogP contribution in [0.4, 0.5) is 11.4 Å². The van der Waals surface area contributed by atoms with Gasteiger partial charge >= 0.3 is 25.2 Å². The first kappa shape index (κ1) is 19.9. The smallest absolute Gasteiger partial charge is 1.00 e. The summed E-state index contributed by atoms with van der Waals surface area (Å²) in [5.74, 6) is 0.107. The molecule has 0 aliphatic rings. The summed E-state index contributed by atoms with van der Waals surface area (Å²) in [6, 6.07) is 4.70. The van der Waals surface area contributed by atoms with Crippen LogP contribution in [0.25, 0.3) is 4.98 Å². The van der Waals surface area contributed by atoms with Gasteiger partial charge in [0, 0.05) is 20.2 Å². The Kier molecular flexibility index (Phi) is 11.6. The monoisotopic (exact) mass is 298 g/mol. The van der Waals surface area contributed by atoms with Crippen molar-refractivity contribution < 1.29 is 49.4 Å². The van der Waals surface area contributed by atoms with E-state index in [-0.39, 0.29) is 50.0 Å². The van der Waals surface area contributed by atoms with Crippen LogP contribution in [0.2, 0.25) is 0 Å². The predicted molar refractivity (Wildman–Crippen MR) is 47.2 cm³/mol. The van der Waals surface area contributed by atoms with Crippen LogP contribution in [0.15, 0.2) is 18.2 Å². The summed E-state index contributed by atoms with van der Waals surface area (Å²) >= 11 is 0. The van der Waals surface area contributed by atoms with Crippen molar-refractivity contribution in [2.75, 3.05) is 19.0 Å². The van der Waals surface area contributed by atoms with Gasteiger partial charge in [-0.25, -0.2) is 0 Å². The molecule has 4 nitrogen and oxygen atoms in total. The Bertz CT molecular complexity index is 341. The molecule has 15 heavy (non-hydrogen) atoms. The van der Waals surface area contributed by atoms with Crippen molar-refractivity contribution in [3.8, 4) is 5.75 Å². The third-order valence-electron chi connectivity index (χ3n) is 1.56. The maximum absolute atomic E-state index is 9.38. The molecule has 0 atom stereocenters. The van der Waals surface area contributed by atoms with Gasteiger partial charge in [-0.1, -0.05) is 0 Å². The average Bonchev–Trinajstić information content (AvgIpc) is 2.03. The molecule has 7 heteroatoms. The zero-order valence-electron chi connectivity index (χ0n) is 8.48. The van der Waals surface area contributed by atoms with E-state index >= 15 is 0 Å². The normalized spacial score (nSPS) is 7.27. The number of phenols is 1. The largest absolute Gasteiger partial charge is 1.00 e. The van der Waals surface area contributed by atoms with E-state index in [4.69, 9.17) is 5.39 Å². The van der Waals surface area contributed by atoms with Gasteiger partial charge < -0.3 is 34.8 Å². The zero-order chi connectivity index (χ0) is 9.14. The Hall–Kier alpha value is -0.557. The van der Waals surface area contributed by atoms with Crippen LogP contribution in [0.1, 0.15) is 0 Å². The Morgan fingerprint density at radius 1 is 1.27 bits per heavy atom. The van der Waals surface area contributed by atoms with Crippen molar-refractivity contribution in [2.45, 2.75) is 0 Å². The van der Waals surface area contributed by atoms with E-state index in [2.05, 4.69) is 4.98 Å². The van der Waals surface area contributed by atoms with Crippen molar-refractivity contribution in [3.63, 3.8) is 0 Å². The molecule has 0 heterocycles. The first-order valence-electron chi connectivity index (χ1n) is 3.50. The van der Waals surface area contributed by atoms with Crippen LogP contribution in [0.5, 0.6) is 5.75 Å². The number of nitrogens with zero attached hydrogens (tertiary/aromatic N) is 3. The number of hydrogen-bond acceptors (Lipinski definition) is 3. The average molecular weight is 300 g/mol. The number of anilines is 1. The Balaban J connectivity index is -0.000000480. The Labute approximate surface area is 114 Å². The Morgan fingerprint density at radius 3 is 2.13 bits per heavy atom. The second-order valence-corrected chi connectivity index (χ2v) is 2.67. The second-order valence-electron chi connectivity index (χ2n) is 2.67. The number of aromatic hydroxyl groups is 1. The van der Waals surface area contributed by atoms with Crippen LogP contribution in [-0.2, 0) is 19.5 Å². The van der Waals surface area contributed by atoms with Crippen LogP contribution >= 0.6 is 0 Å². The first-order valence-corrected chi connectivity index (χ1v) is 3.50. The molecule has 79 valence electrons. The molecule has 0 bridgehead atoms. The van der Waals surface area contributed by atoms with Crippen molar-refractivity contribution >= 4 is 11.4 Å². The van der Waals surface area contributed by atoms with Crippen LogP contribution in [0, 0.1) is 5.39 Å². The minimum atomic E-state index is 0. The molecule has 1 aromatic carbocycles. The molecule has 0 spiro atoms. The number of rotatable bonds is 1. The van der Waals surface area contributed by atoms with Crippen molar-refractivity contribution in [1.29, 1.82) is 5.39 Å². The molecule has 1 radical (unpaired) electrons. The predicted octanol–water partition coefficient (Wildman–Crippen LogP) is -4.05. The molecule has 0 saturated carbocycles. The van der Waals surface area contributed by atoms with Gasteiger partial charge in [-0.2, -0.15) is 0 Å². The van der Waals surface area contributed by atoms with Crippen molar-refractivity contribution in [3.05, 3.63) is 23.2 Å². The van der Waals surface area contributed by atoms with Gasteiger partial charge in [0.15, 0.2) is 4.98 Å². The molecule has 0 saturated heterocycles. The van der Waals surface area contributed by atoms with Gasteiger partial charge in [-0.3, -0.25) is 0 Å². The van der Waals surface area contributed by atoms with Crippen LogP contribution in [0.3, 0.4) is 0 Å². The van der Waals surface area contributed by atoms with Gasteiger partial charge in [0.1, 0.15) is 5.75 Å². The summed E-state index contributed by atoms with van der Waals surface area (Å²) < 4.78 is 0. The van der Waals surface area contributed by atoms with Crippen LogP contribution in [-0.4, -0.2) is 19.2 Å². The van der Waals surface area contributed by atoms with E-state index in [0.717, 1.165) is 0 Å². The minimum absolute atomic E-state index is 0. The van der Waals surface area contributed by atoms with E-state index in [1.807, 2.05) is 14.1 Å². The van der Waals surface area contributed by atoms with Crippen molar-refractivity contribution in [2.24, 2.45) is 0 Å². The maximum Gasteiger partial charge on any atom is 1.00 e. The molecule has 1 aromatic rings. The zero-order valence-corrected chi connectivity index (χ0v) is 13.0. The van der Waals surface area contributed by atoms with Gasteiger partial charge in [-0.05, 0) is 6.07 Å². The SMILES string of the molecule is CN(C)c1ccc([N+]#N)cc1O.[Cl-].[Cl-].[Zn+]. The fourth-order valence-corrected chi connectivity index (χ4v) is 0.952. The molecular formula is C8H10Cl2N3OZn. The number of hydrogen-bond donors (Lipinski definition) is 1. The summed E-state index contributed by atoms with van der Waals surface area (Å²) in [5, 5.41) is 17.8. The fourth-order valence-electron chi connectivity index (χ4n) is 0.952. The number of diazo groups is 1. The topological polar surface area (TPSA) is 51.6 Å². The number of phenolic OH excluding ortho intramolecular Hbond substituents is 1. The molecule has 0 aromatic heterocycles. The van der Waals surface area contributed by atoms with E-state index in [1.54, 1.807) is 17.0 Å². The standard InChI is InChI=1S/C8H9N3O.2ClH.Zn/c1-11(2)7-4-3-6(10-9)5-8(7)12;;;/h3-5H,1-2H3;2*1H;/q;;;+1/p-1. The van der Waals surface area contributed by atoms with E-state index in [0.29, 0.717) is 11.4 Å². The van der Waals surface area contributed by atoms with Gasteiger partial charge in [0.05, 0.1) is 11.8 Å². The molecular weight excluding hydrogens is 290 g/mol. The first-order chi connectivity index (χ1) is 5.65. The summed E-state index contributed by atoms with van der Waals surface area (Å²) in [6.45, 7) is 0. The molecule has 0 aliphatic heterocycles. The van der Waals surface area contributed by atoms with Gasteiger partial charge in [0.2, 0.25) is 5.39 Å². The quantitative estimate of drug-likeness (QED) is 0.424. The molecule has 0 aliphatic carbocycles. The van der Waals surface area contributed by atoms with Crippen LogP contribution < -0.4 is 29.7 Å². The third kappa shape index (κ3) is 5.18. The fraction of sp³-hybridized carbons (Fsp3) is 0.250. The summed E-state index contributed by atoms with van der Waals surface area (Å²) in [7, 11) is 3.65. The second kappa shape index (κ2) is 8.73.